The van der Waals surface area contributed by atoms with Gasteiger partial charge < -0.3 is 4.42 Å². The van der Waals surface area contributed by atoms with Gasteiger partial charge in [-0.3, -0.25) is 20.2 Å². The molecule has 1 amide bonds. The molecule has 2 aromatic carbocycles. The molecule has 0 atom stereocenters. The van der Waals surface area contributed by atoms with E-state index >= 15 is 0 Å². The van der Waals surface area contributed by atoms with Crippen LogP contribution in [0.1, 0.15) is 5.56 Å². The number of non-ortho nitro benzene ring substituents is 1. The minimum absolute atomic E-state index is 0.0488. The van der Waals surface area contributed by atoms with Crippen LogP contribution in [0, 0.1) is 10.1 Å². The maximum atomic E-state index is 12.1. The van der Waals surface area contributed by atoms with Gasteiger partial charge in [0, 0.05) is 37.9 Å². The number of carbonyl (C=O) groups is 1. The van der Waals surface area contributed by atoms with Crippen molar-refractivity contribution in [3.8, 4) is 11.5 Å². The van der Waals surface area contributed by atoms with Crippen LogP contribution in [0.2, 0.25) is 0 Å². The van der Waals surface area contributed by atoms with E-state index in [0.29, 0.717) is 11.1 Å². The molecule has 31 heavy (non-hydrogen) atoms. The highest BCUT2D eigenvalue weighted by molar-refractivity contribution is 7.89. The number of hydrogen-bond donors (Lipinski definition) is 1. The summed E-state index contributed by atoms with van der Waals surface area (Å²) in [6, 6.07) is 11.4. The van der Waals surface area contributed by atoms with E-state index in [4.69, 9.17) is 4.42 Å². The zero-order valence-electron chi connectivity index (χ0n) is 16.4. The summed E-state index contributed by atoms with van der Waals surface area (Å²) in [5.74, 6) is -0.440. The van der Waals surface area contributed by atoms with Gasteiger partial charge in [0.25, 0.3) is 11.6 Å². The van der Waals surface area contributed by atoms with Gasteiger partial charge in [-0.2, -0.15) is 0 Å². The molecule has 0 spiro atoms. The Morgan fingerprint density at radius 3 is 2.32 bits per heavy atom. The van der Waals surface area contributed by atoms with Crippen LogP contribution in [-0.4, -0.2) is 47.8 Å². The Balaban J connectivity index is 1.65. The number of amides is 1. The second-order valence-electron chi connectivity index (χ2n) is 6.40. The number of nitrogens with one attached hydrogen (secondary N) is 1. The summed E-state index contributed by atoms with van der Waals surface area (Å²) in [5, 5.41) is 20.6. The first-order chi connectivity index (χ1) is 14.7. The van der Waals surface area contributed by atoms with Gasteiger partial charge in [0.1, 0.15) is 0 Å². The van der Waals surface area contributed by atoms with Crippen molar-refractivity contribution >= 4 is 33.7 Å². The van der Waals surface area contributed by atoms with Gasteiger partial charge >= 0.3 is 6.01 Å². The minimum Gasteiger partial charge on any atom is -0.403 e. The molecule has 12 heteroatoms. The first kappa shape index (κ1) is 21.8. The number of sulfonamides is 1. The predicted molar refractivity (Wildman–Crippen MR) is 111 cm³/mol. The Kier molecular flexibility index (Phi) is 6.22. The summed E-state index contributed by atoms with van der Waals surface area (Å²) >= 11 is 0. The largest absolute Gasteiger partial charge is 0.403 e. The summed E-state index contributed by atoms with van der Waals surface area (Å²) < 4.78 is 30.7. The van der Waals surface area contributed by atoms with E-state index < -0.39 is 20.9 Å². The third-order valence-electron chi connectivity index (χ3n) is 4.07. The Morgan fingerprint density at radius 1 is 1.10 bits per heavy atom. The van der Waals surface area contributed by atoms with Crippen molar-refractivity contribution in [2.45, 2.75) is 4.90 Å². The maximum absolute atomic E-state index is 12.1. The topological polar surface area (TPSA) is 149 Å². The smallest absolute Gasteiger partial charge is 0.322 e. The van der Waals surface area contributed by atoms with E-state index in [1.54, 1.807) is 0 Å². The normalized spacial score (nSPS) is 11.7. The van der Waals surface area contributed by atoms with Crippen molar-refractivity contribution < 1.29 is 22.6 Å². The standard InChI is InChI=1S/C19H17N5O6S/c1-23(2)31(28,29)16-10-6-14(7-11-16)18-21-22-19(30-18)20-17(25)12-5-13-3-8-15(9-4-13)24(26)27/h3-12H,1-2H3,(H,20,22,25)/b12-5+. The molecule has 0 bridgehead atoms. The third-order valence-corrected chi connectivity index (χ3v) is 5.90. The number of nitrogens with zero attached hydrogens (tertiary/aromatic N) is 4. The van der Waals surface area contributed by atoms with Crippen molar-refractivity contribution in [2.24, 2.45) is 0 Å². The Hall–Kier alpha value is -3.90. The molecule has 3 aromatic rings. The average Bonchev–Trinajstić information content (AvgIpc) is 3.21. The van der Waals surface area contributed by atoms with Crippen molar-refractivity contribution in [3.63, 3.8) is 0 Å². The zero-order valence-corrected chi connectivity index (χ0v) is 17.2. The quantitative estimate of drug-likeness (QED) is 0.333. The second-order valence-corrected chi connectivity index (χ2v) is 8.55. The minimum atomic E-state index is -3.55. The summed E-state index contributed by atoms with van der Waals surface area (Å²) in [5.41, 5.74) is 1.03. The molecule has 0 fully saturated rings. The van der Waals surface area contributed by atoms with Crippen molar-refractivity contribution in [2.75, 3.05) is 19.4 Å². The maximum Gasteiger partial charge on any atom is 0.322 e. The highest BCUT2D eigenvalue weighted by atomic mass is 32.2. The first-order valence-corrected chi connectivity index (χ1v) is 10.2. The van der Waals surface area contributed by atoms with Crippen molar-refractivity contribution in [1.29, 1.82) is 0 Å². The van der Waals surface area contributed by atoms with Gasteiger partial charge in [0.2, 0.25) is 15.9 Å². The zero-order chi connectivity index (χ0) is 22.6. The second kappa shape index (κ2) is 8.85. The van der Waals surface area contributed by atoms with E-state index in [0.717, 1.165) is 4.31 Å². The first-order valence-electron chi connectivity index (χ1n) is 8.77. The summed E-state index contributed by atoms with van der Waals surface area (Å²) in [4.78, 5) is 22.3. The average molecular weight is 443 g/mol. The van der Waals surface area contributed by atoms with Crippen LogP contribution >= 0.6 is 0 Å². The molecule has 11 nitrogen and oxygen atoms in total. The van der Waals surface area contributed by atoms with E-state index in [1.807, 2.05) is 0 Å². The number of rotatable bonds is 7. The van der Waals surface area contributed by atoms with Gasteiger partial charge in [0.15, 0.2) is 0 Å². The van der Waals surface area contributed by atoms with Crippen LogP contribution in [0.25, 0.3) is 17.5 Å². The van der Waals surface area contributed by atoms with E-state index in [-0.39, 0.29) is 22.5 Å². The van der Waals surface area contributed by atoms with E-state index in [1.165, 1.54) is 74.8 Å². The number of anilines is 1. The fraction of sp³-hybridized carbons (Fsp3) is 0.105. The monoisotopic (exact) mass is 443 g/mol. The van der Waals surface area contributed by atoms with Gasteiger partial charge in [-0.15, -0.1) is 5.10 Å². The lowest BCUT2D eigenvalue weighted by Crippen LogP contribution is -2.22. The number of aromatic nitrogens is 2. The molecule has 0 aliphatic carbocycles. The molecule has 0 saturated carbocycles. The number of nitro benzene ring substituents is 1. The highest BCUT2D eigenvalue weighted by Gasteiger charge is 2.18. The molecule has 1 heterocycles. The number of carbonyl (C=O) groups excluding carboxylic acids is 1. The van der Waals surface area contributed by atoms with Gasteiger partial charge in [-0.25, -0.2) is 12.7 Å². The third kappa shape index (κ3) is 5.18. The van der Waals surface area contributed by atoms with E-state index in [2.05, 4.69) is 15.5 Å². The summed E-state index contributed by atoms with van der Waals surface area (Å²) in [6.45, 7) is 0. The number of benzene rings is 2. The Labute approximate surface area is 177 Å². The SMILES string of the molecule is CN(C)S(=O)(=O)c1ccc(-c2nnc(NC(=O)/C=C/c3ccc([N+](=O)[O-])cc3)o2)cc1. The summed E-state index contributed by atoms with van der Waals surface area (Å²) in [6.07, 6.45) is 2.69. The molecule has 0 unspecified atom stereocenters. The molecule has 1 aromatic heterocycles. The predicted octanol–water partition coefficient (Wildman–Crippen LogP) is 2.55. The Bertz CT molecular complexity index is 1230. The molecule has 0 aliphatic heterocycles. The Morgan fingerprint density at radius 2 is 1.74 bits per heavy atom. The van der Waals surface area contributed by atoms with Gasteiger partial charge in [0.05, 0.1) is 9.82 Å². The van der Waals surface area contributed by atoms with Crippen LogP contribution in [0.5, 0.6) is 0 Å². The molecule has 0 radical (unpaired) electrons. The lowest BCUT2D eigenvalue weighted by molar-refractivity contribution is -0.384. The van der Waals surface area contributed by atoms with Crippen LogP contribution in [0.4, 0.5) is 11.7 Å². The highest BCUT2D eigenvalue weighted by Crippen LogP contribution is 2.22. The molecule has 1 N–H and O–H groups in total. The number of nitro groups is 1. The molecular weight excluding hydrogens is 426 g/mol. The summed E-state index contributed by atoms with van der Waals surface area (Å²) in [7, 11) is -0.680. The molecular formula is C19H17N5O6S. The lowest BCUT2D eigenvalue weighted by atomic mass is 10.2. The van der Waals surface area contributed by atoms with Crippen LogP contribution in [0.15, 0.2) is 63.9 Å². The lowest BCUT2D eigenvalue weighted by Gasteiger charge is -2.11. The van der Waals surface area contributed by atoms with Crippen LogP contribution in [-0.2, 0) is 14.8 Å². The van der Waals surface area contributed by atoms with Crippen LogP contribution in [0.3, 0.4) is 0 Å². The van der Waals surface area contributed by atoms with Gasteiger partial charge in [-0.05, 0) is 48.0 Å². The number of hydrogen-bond acceptors (Lipinski definition) is 8. The van der Waals surface area contributed by atoms with E-state index in [9.17, 15) is 23.3 Å². The van der Waals surface area contributed by atoms with Crippen molar-refractivity contribution in [3.05, 3.63) is 70.3 Å². The molecule has 3 rings (SSSR count). The fourth-order valence-corrected chi connectivity index (χ4v) is 3.30. The molecule has 0 aliphatic rings. The van der Waals surface area contributed by atoms with Crippen LogP contribution < -0.4 is 5.32 Å². The van der Waals surface area contributed by atoms with Crippen molar-refractivity contribution in [1.82, 2.24) is 14.5 Å². The van der Waals surface area contributed by atoms with Gasteiger partial charge in [-0.1, -0.05) is 5.10 Å². The fourth-order valence-electron chi connectivity index (χ4n) is 2.40. The molecule has 160 valence electrons. The molecule has 0 saturated heterocycles.